The highest BCUT2D eigenvalue weighted by Crippen LogP contribution is 2.56. The maximum atomic E-state index is 13.4. The van der Waals surface area contributed by atoms with Gasteiger partial charge in [0.2, 0.25) is 0 Å². The summed E-state index contributed by atoms with van der Waals surface area (Å²) in [6.45, 7) is 1.59. The van der Waals surface area contributed by atoms with Crippen molar-refractivity contribution >= 4 is 5.91 Å². The van der Waals surface area contributed by atoms with Crippen LogP contribution in [0.15, 0.2) is 6.20 Å². The highest BCUT2D eigenvalue weighted by Gasteiger charge is 2.58. The summed E-state index contributed by atoms with van der Waals surface area (Å²) in [6.07, 6.45) is 0.918. The predicted molar refractivity (Wildman–Crippen MR) is 85.5 cm³/mol. The van der Waals surface area contributed by atoms with Crippen molar-refractivity contribution in [2.45, 2.75) is 50.7 Å². The van der Waals surface area contributed by atoms with Crippen LogP contribution in [0.1, 0.15) is 55.1 Å². The number of alkyl halides is 3. The minimum atomic E-state index is -4.19. The summed E-state index contributed by atoms with van der Waals surface area (Å²) >= 11 is 0. The van der Waals surface area contributed by atoms with Crippen molar-refractivity contribution in [3.63, 3.8) is 0 Å². The van der Waals surface area contributed by atoms with E-state index in [1.165, 1.54) is 0 Å². The van der Waals surface area contributed by atoms with Crippen LogP contribution in [0.4, 0.5) is 13.2 Å². The van der Waals surface area contributed by atoms with E-state index in [-0.39, 0.29) is 37.2 Å². The molecule has 1 aromatic heterocycles. The van der Waals surface area contributed by atoms with Crippen molar-refractivity contribution in [2.75, 3.05) is 26.3 Å². The average Bonchev–Trinajstić information content (AvgIpc) is 3.09. The van der Waals surface area contributed by atoms with Gasteiger partial charge in [-0.3, -0.25) is 4.79 Å². The number of carbonyl (C=O) groups is 1. The highest BCUT2D eigenvalue weighted by atomic mass is 19.4. The SMILES string of the molecule is O=C(c1cn(C2CCOCC2)nn1)N1CC[C@H](C(F)(F)F)C2(CCC2)C1. The quantitative estimate of drug-likeness (QED) is 0.801. The van der Waals surface area contributed by atoms with E-state index >= 15 is 0 Å². The molecule has 0 unspecified atom stereocenters. The lowest BCUT2D eigenvalue weighted by molar-refractivity contribution is -0.235. The van der Waals surface area contributed by atoms with Crippen LogP contribution >= 0.6 is 0 Å². The monoisotopic (exact) mass is 372 g/mol. The lowest BCUT2D eigenvalue weighted by Gasteiger charge is -2.54. The Morgan fingerprint density at radius 1 is 1.23 bits per heavy atom. The molecule has 2 aliphatic heterocycles. The van der Waals surface area contributed by atoms with E-state index in [2.05, 4.69) is 10.3 Å². The molecule has 1 atom stereocenters. The molecule has 3 heterocycles. The first-order valence-corrected chi connectivity index (χ1v) is 9.25. The first kappa shape index (κ1) is 17.8. The molecule has 3 aliphatic rings. The number of hydrogen-bond acceptors (Lipinski definition) is 4. The Morgan fingerprint density at radius 2 is 1.96 bits per heavy atom. The zero-order chi connectivity index (χ0) is 18.4. The molecule has 26 heavy (non-hydrogen) atoms. The number of rotatable bonds is 2. The summed E-state index contributed by atoms with van der Waals surface area (Å²) in [5.41, 5.74) is -0.584. The molecule has 1 amide bonds. The van der Waals surface area contributed by atoms with Crippen molar-refractivity contribution < 1.29 is 22.7 Å². The number of ether oxygens (including phenoxy) is 1. The Morgan fingerprint density at radius 3 is 2.58 bits per heavy atom. The number of halogens is 3. The molecule has 0 N–H and O–H groups in total. The molecule has 0 aromatic carbocycles. The van der Waals surface area contributed by atoms with Gasteiger partial charge in [-0.25, -0.2) is 4.68 Å². The van der Waals surface area contributed by atoms with Gasteiger partial charge in [-0.2, -0.15) is 13.2 Å². The zero-order valence-corrected chi connectivity index (χ0v) is 14.5. The molecular weight excluding hydrogens is 349 g/mol. The second-order valence-electron chi connectivity index (χ2n) is 7.75. The smallest absolute Gasteiger partial charge is 0.381 e. The molecular formula is C17H23F3N4O2. The third-order valence-corrected chi connectivity index (χ3v) is 6.26. The van der Waals surface area contributed by atoms with E-state index in [9.17, 15) is 18.0 Å². The Hall–Kier alpha value is -1.64. The zero-order valence-electron chi connectivity index (χ0n) is 14.5. The van der Waals surface area contributed by atoms with Crippen LogP contribution in [0.2, 0.25) is 0 Å². The first-order valence-electron chi connectivity index (χ1n) is 9.25. The van der Waals surface area contributed by atoms with Gasteiger partial charge in [0.25, 0.3) is 5.91 Å². The van der Waals surface area contributed by atoms with E-state index in [1.54, 1.807) is 15.8 Å². The van der Waals surface area contributed by atoms with Crippen molar-refractivity contribution in [2.24, 2.45) is 11.3 Å². The fraction of sp³-hybridized carbons (Fsp3) is 0.824. The Labute approximate surface area is 149 Å². The molecule has 3 fully saturated rings. The third-order valence-electron chi connectivity index (χ3n) is 6.26. The van der Waals surface area contributed by atoms with E-state index in [1.807, 2.05) is 0 Å². The summed E-state index contributed by atoms with van der Waals surface area (Å²) in [7, 11) is 0. The number of likely N-dealkylation sites (tertiary alicyclic amines) is 1. The normalized spacial score (nSPS) is 26.7. The van der Waals surface area contributed by atoms with Gasteiger partial charge in [0.05, 0.1) is 18.2 Å². The van der Waals surface area contributed by atoms with Gasteiger partial charge in [0.15, 0.2) is 5.69 Å². The molecule has 1 saturated carbocycles. The number of nitrogens with zero attached hydrogens (tertiary/aromatic N) is 4. The van der Waals surface area contributed by atoms with E-state index < -0.39 is 17.5 Å². The second-order valence-corrected chi connectivity index (χ2v) is 7.75. The Kier molecular flexibility index (Phi) is 4.45. The summed E-state index contributed by atoms with van der Waals surface area (Å²) in [6, 6.07) is 0.159. The van der Waals surface area contributed by atoms with Gasteiger partial charge in [-0.05, 0) is 37.5 Å². The van der Waals surface area contributed by atoms with Crippen molar-refractivity contribution in [1.82, 2.24) is 19.9 Å². The largest absolute Gasteiger partial charge is 0.392 e. The average molecular weight is 372 g/mol. The molecule has 9 heteroatoms. The summed E-state index contributed by atoms with van der Waals surface area (Å²) in [4.78, 5) is 14.3. The molecule has 1 spiro atoms. The van der Waals surface area contributed by atoms with E-state index in [4.69, 9.17) is 4.74 Å². The van der Waals surface area contributed by atoms with Crippen molar-refractivity contribution in [3.05, 3.63) is 11.9 Å². The van der Waals surface area contributed by atoms with E-state index in [0.717, 1.165) is 19.3 Å². The molecule has 144 valence electrons. The highest BCUT2D eigenvalue weighted by molar-refractivity contribution is 5.92. The molecule has 6 nitrogen and oxygen atoms in total. The fourth-order valence-electron chi connectivity index (χ4n) is 4.65. The summed E-state index contributed by atoms with van der Waals surface area (Å²) in [5, 5.41) is 8.05. The second kappa shape index (κ2) is 6.51. The number of carbonyl (C=O) groups excluding carboxylic acids is 1. The van der Waals surface area contributed by atoms with Crippen molar-refractivity contribution in [1.29, 1.82) is 0 Å². The maximum absolute atomic E-state index is 13.4. The standard InChI is InChI=1S/C17H23F3N4O2/c18-17(19,20)14-2-7-23(11-16(14)5-1-6-16)15(25)13-10-24(22-21-13)12-3-8-26-9-4-12/h10,12,14H,1-9,11H2/t14-/m0/s1. The van der Waals surface area contributed by atoms with Gasteiger partial charge in [-0.15, -0.1) is 5.10 Å². The van der Waals surface area contributed by atoms with Crippen LogP contribution in [-0.4, -0.2) is 58.3 Å². The molecule has 2 saturated heterocycles. The number of piperidine rings is 1. The van der Waals surface area contributed by atoms with Crippen molar-refractivity contribution in [3.8, 4) is 0 Å². The van der Waals surface area contributed by atoms with Gasteiger partial charge in [-0.1, -0.05) is 11.6 Å². The number of aromatic nitrogens is 3. The molecule has 1 aliphatic carbocycles. The molecule has 0 radical (unpaired) electrons. The topological polar surface area (TPSA) is 60.3 Å². The fourth-order valence-corrected chi connectivity index (χ4v) is 4.65. The molecule has 4 rings (SSSR count). The maximum Gasteiger partial charge on any atom is 0.392 e. The van der Waals surface area contributed by atoms with Crippen LogP contribution in [0.3, 0.4) is 0 Å². The lowest BCUT2D eigenvalue weighted by Crippen LogP contribution is -2.57. The van der Waals surface area contributed by atoms with Crippen LogP contribution in [-0.2, 0) is 4.74 Å². The Balaban J connectivity index is 1.46. The number of amides is 1. The van der Waals surface area contributed by atoms with Crippen LogP contribution in [0, 0.1) is 11.3 Å². The summed E-state index contributed by atoms with van der Waals surface area (Å²) in [5.74, 6) is -1.61. The van der Waals surface area contributed by atoms with Gasteiger partial charge in [0, 0.05) is 26.3 Å². The minimum absolute atomic E-state index is 0.0245. The summed E-state index contributed by atoms with van der Waals surface area (Å²) < 4.78 is 47.1. The van der Waals surface area contributed by atoms with E-state index in [0.29, 0.717) is 26.1 Å². The number of hydrogen-bond donors (Lipinski definition) is 0. The Bertz CT molecular complexity index is 665. The van der Waals surface area contributed by atoms with Gasteiger partial charge in [0.1, 0.15) is 0 Å². The van der Waals surface area contributed by atoms with Gasteiger partial charge < -0.3 is 9.64 Å². The lowest BCUT2D eigenvalue weighted by atomic mass is 9.58. The van der Waals surface area contributed by atoms with Crippen LogP contribution in [0.5, 0.6) is 0 Å². The minimum Gasteiger partial charge on any atom is -0.381 e. The third kappa shape index (κ3) is 3.10. The van der Waals surface area contributed by atoms with Gasteiger partial charge >= 0.3 is 6.18 Å². The first-order chi connectivity index (χ1) is 12.4. The molecule has 1 aromatic rings. The molecule has 0 bridgehead atoms. The van der Waals surface area contributed by atoms with Crippen LogP contribution in [0.25, 0.3) is 0 Å². The van der Waals surface area contributed by atoms with Crippen LogP contribution < -0.4 is 0 Å². The predicted octanol–water partition coefficient (Wildman–Crippen LogP) is 2.82.